The molecule has 0 amide bonds. The zero-order valence-corrected chi connectivity index (χ0v) is 18.4. The predicted octanol–water partition coefficient (Wildman–Crippen LogP) is 5.74. The Bertz CT molecular complexity index is 1050. The van der Waals surface area contributed by atoms with E-state index in [1.165, 1.54) is 0 Å². The first-order valence-corrected chi connectivity index (χ1v) is 11.1. The number of fused-ring (bicyclic) bond motifs is 1. The summed E-state index contributed by atoms with van der Waals surface area (Å²) in [4.78, 5) is 26.8. The van der Waals surface area contributed by atoms with Crippen LogP contribution in [0.25, 0.3) is 10.9 Å². The number of aryl methyl sites for hydroxylation is 1. The number of aromatic nitrogens is 1. The topological polar surface area (TPSA) is 79.4 Å². The van der Waals surface area contributed by atoms with Gasteiger partial charge in [0.05, 0.1) is 13.0 Å². The minimum Gasteiger partial charge on any atom is -0.493 e. The van der Waals surface area contributed by atoms with E-state index >= 15 is 0 Å². The third-order valence-electron chi connectivity index (χ3n) is 5.39. The number of hydrogen-bond acceptors (Lipinski definition) is 3. The molecule has 0 saturated heterocycles. The van der Waals surface area contributed by atoms with Gasteiger partial charge in [0.25, 0.3) is 0 Å². The Balaban J connectivity index is 1.63. The second kappa shape index (κ2) is 10.8. The minimum absolute atomic E-state index is 0.0244. The largest absolute Gasteiger partial charge is 0.493 e. The Kier molecular flexibility index (Phi) is 7.88. The monoisotopic (exact) mass is 421 g/mol. The van der Waals surface area contributed by atoms with Gasteiger partial charge in [-0.25, -0.2) is 0 Å². The van der Waals surface area contributed by atoms with Gasteiger partial charge < -0.3 is 14.8 Å². The number of carbonyl (C=O) groups is 2. The highest BCUT2D eigenvalue weighted by atomic mass is 16.5. The summed E-state index contributed by atoms with van der Waals surface area (Å²) in [6.07, 6.45) is 5.12. The molecule has 0 aliphatic carbocycles. The predicted molar refractivity (Wildman–Crippen MR) is 123 cm³/mol. The van der Waals surface area contributed by atoms with Crippen molar-refractivity contribution in [3.63, 3.8) is 0 Å². The Morgan fingerprint density at radius 2 is 1.84 bits per heavy atom. The van der Waals surface area contributed by atoms with Crippen LogP contribution in [-0.4, -0.2) is 28.4 Å². The molecule has 0 bridgehead atoms. The third-order valence-corrected chi connectivity index (χ3v) is 5.39. The van der Waals surface area contributed by atoms with Crippen LogP contribution in [0.3, 0.4) is 0 Å². The van der Waals surface area contributed by atoms with Gasteiger partial charge in [-0.05, 0) is 65.8 Å². The van der Waals surface area contributed by atoms with Crippen LogP contribution in [0.15, 0.2) is 42.5 Å². The zero-order valence-electron chi connectivity index (χ0n) is 18.4. The van der Waals surface area contributed by atoms with Crippen LogP contribution in [0.2, 0.25) is 0 Å². The molecule has 5 heteroatoms. The molecule has 0 saturated carbocycles. The van der Waals surface area contributed by atoms with Crippen molar-refractivity contribution < 1.29 is 19.4 Å². The third kappa shape index (κ3) is 6.20. The lowest BCUT2D eigenvalue weighted by Gasteiger charge is -2.12. The van der Waals surface area contributed by atoms with Crippen LogP contribution in [0.1, 0.15) is 66.7 Å². The number of nitrogens with one attached hydrogen (secondary N) is 1. The van der Waals surface area contributed by atoms with Crippen molar-refractivity contribution in [3.05, 3.63) is 64.8 Å². The average molecular weight is 422 g/mol. The van der Waals surface area contributed by atoms with Gasteiger partial charge in [0.2, 0.25) is 0 Å². The molecule has 0 fully saturated rings. The van der Waals surface area contributed by atoms with E-state index in [0.717, 1.165) is 64.7 Å². The highest BCUT2D eigenvalue weighted by Gasteiger charge is 2.12. The fourth-order valence-electron chi connectivity index (χ4n) is 3.82. The van der Waals surface area contributed by atoms with Crippen LogP contribution in [0.4, 0.5) is 0 Å². The van der Waals surface area contributed by atoms with E-state index in [1.54, 1.807) is 0 Å². The maximum atomic E-state index is 12.5. The van der Waals surface area contributed by atoms with Crippen molar-refractivity contribution in [2.75, 3.05) is 6.61 Å². The molecule has 2 N–H and O–H groups in total. The number of hydrogen-bond donors (Lipinski definition) is 2. The van der Waals surface area contributed by atoms with Crippen LogP contribution >= 0.6 is 0 Å². The van der Waals surface area contributed by atoms with Gasteiger partial charge in [-0.15, -0.1) is 0 Å². The minimum atomic E-state index is -0.830. The summed E-state index contributed by atoms with van der Waals surface area (Å²) in [7, 11) is 0. The first kappa shape index (κ1) is 22.6. The summed E-state index contributed by atoms with van der Waals surface area (Å²) >= 11 is 0. The summed E-state index contributed by atoms with van der Waals surface area (Å²) in [5.74, 6) is 0.177. The lowest BCUT2D eigenvalue weighted by Crippen LogP contribution is -2.06. The van der Waals surface area contributed by atoms with Crippen molar-refractivity contribution in [2.24, 2.45) is 0 Å². The van der Waals surface area contributed by atoms with E-state index in [0.29, 0.717) is 19.4 Å². The van der Waals surface area contributed by atoms with E-state index in [1.807, 2.05) is 42.5 Å². The quantitative estimate of drug-likeness (QED) is 0.365. The van der Waals surface area contributed by atoms with Crippen LogP contribution in [0, 0.1) is 0 Å². The Morgan fingerprint density at radius 3 is 2.58 bits per heavy atom. The molecule has 1 aromatic heterocycles. The lowest BCUT2D eigenvalue weighted by molar-refractivity contribution is -0.136. The number of carboxylic acids is 1. The average Bonchev–Trinajstić information content (AvgIpc) is 3.14. The van der Waals surface area contributed by atoms with Crippen LogP contribution in [-0.2, 0) is 24.1 Å². The van der Waals surface area contributed by atoms with Gasteiger partial charge in [0, 0.05) is 29.6 Å². The molecule has 1 heterocycles. The fraction of sp³-hybridized carbons (Fsp3) is 0.385. The van der Waals surface area contributed by atoms with Gasteiger partial charge in [-0.1, -0.05) is 32.8 Å². The SMILES string of the molecule is CCCCC(=O)c1ccc(OCCc2cc3cc(CC(=O)O)ccc3[nH]2)cc1CCC. The standard InChI is InChI=1S/C26H31NO4/c1-3-5-7-25(28)23-10-9-22(17-19(23)6-4-2)31-13-12-21-16-20-14-18(15-26(29)30)8-11-24(20)27-21/h8-11,14,16-17,27H,3-7,12-13,15H2,1-2H3,(H,29,30). The molecule has 0 radical (unpaired) electrons. The Hall–Kier alpha value is -3.08. The molecule has 3 rings (SSSR count). The van der Waals surface area contributed by atoms with Crippen molar-refractivity contribution in [1.29, 1.82) is 0 Å². The maximum Gasteiger partial charge on any atom is 0.307 e. The number of ether oxygens (including phenoxy) is 1. The first-order chi connectivity index (χ1) is 15.0. The summed E-state index contributed by atoms with van der Waals surface area (Å²) in [6, 6.07) is 13.5. The lowest BCUT2D eigenvalue weighted by atomic mass is 9.97. The summed E-state index contributed by atoms with van der Waals surface area (Å²) in [6.45, 7) is 4.73. The molecule has 2 aromatic carbocycles. The molecule has 0 unspecified atom stereocenters. The Morgan fingerprint density at radius 1 is 1.00 bits per heavy atom. The highest BCUT2D eigenvalue weighted by Crippen LogP contribution is 2.23. The number of ketones is 1. The number of Topliss-reactive ketones (excluding diaryl/α,β-unsaturated/α-hetero) is 1. The molecule has 31 heavy (non-hydrogen) atoms. The van der Waals surface area contributed by atoms with Crippen molar-refractivity contribution in [3.8, 4) is 5.75 Å². The number of aromatic amines is 1. The van der Waals surface area contributed by atoms with Gasteiger partial charge in [-0.2, -0.15) is 0 Å². The molecule has 164 valence electrons. The van der Waals surface area contributed by atoms with Crippen LogP contribution < -0.4 is 4.74 Å². The van der Waals surface area contributed by atoms with E-state index in [4.69, 9.17) is 9.84 Å². The van der Waals surface area contributed by atoms with E-state index in [-0.39, 0.29) is 12.2 Å². The maximum absolute atomic E-state index is 12.5. The Labute approximate surface area is 183 Å². The smallest absolute Gasteiger partial charge is 0.307 e. The number of aliphatic carboxylic acids is 1. The molecule has 0 aliphatic heterocycles. The molecular weight excluding hydrogens is 390 g/mol. The molecule has 0 atom stereocenters. The van der Waals surface area contributed by atoms with E-state index < -0.39 is 5.97 Å². The second-order valence-corrected chi connectivity index (χ2v) is 7.98. The molecule has 0 spiro atoms. The molecular formula is C26H31NO4. The number of carboxylic acid groups (broad SMARTS) is 1. The van der Waals surface area contributed by atoms with E-state index in [9.17, 15) is 9.59 Å². The van der Waals surface area contributed by atoms with E-state index in [2.05, 4.69) is 18.8 Å². The van der Waals surface area contributed by atoms with Gasteiger partial charge in [-0.3, -0.25) is 9.59 Å². The molecule has 0 aliphatic rings. The van der Waals surface area contributed by atoms with Crippen molar-refractivity contribution in [1.82, 2.24) is 4.98 Å². The normalized spacial score (nSPS) is 11.0. The first-order valence-electron chi connectivity index (χ1n) is 11.1. The van der Waals surface area contributed by atoms with Crippen LogP contribution in [0.5, 0.6) is 5.75 Å². The van der Waals surface area contributed by atoms with Crippen molar-refractivity contribution >= 4 is 22.7 Å². The number of unbranched alkanes of at least 4 members (excludes halogenated alkanes) is 1. The number of H-pyrrole nitrogens is 1. The van der Waals surface area contributed by atoms with Gasteiger partial charge in [0.1, 0.15) is 5.75 Å². The van der Waals surface area contributed by atoms with Crippen molar-refractivity contribution in [2.45, 2.75) is 58.8 Å². The number of rotatable bonds is 12. The number of benzene rings is 2. The zero-order chi connectivity index (χ0) is 22.2. The summed E-state index contributed by atoms with van der Waals surface area (Å²) < 4.78 is 5.98. The summed E-state index contributed by atoms with van der Waals surface area (Å²) in [5.41, 5.74) is 4.72. The second-order valence-electron chi connectivity index (χ2n) is 7.98. The molecule has 5 nitrogen and oxygen atoms in total. The molecule has 3 aromatic rings. The number of carbonyl (C=O) groups excluding carboxylic acids is 1. The fourth-order valence-corrected chi connectivity index (χ4v) is 3.82. The van der Waals surface area contributed by atoms with Gasteiger partial charge in [0.15, 0.2) is 5.78 Å². The van der Waals surface area contributed by atoms with Gasteiger partial charge >= 0.3 is 5.97 Å². The highest BCUT2D eigenvalue weighted by molar-refractivity contribution is 5.97. The summed E-state index contributed by atoms with van der Waals surface area (Å²) in [5, 5.41) is 9.97.